The number of rotatable bonds is 12. The number of likely N-dealkylation sites (tertiary alicyclic amines) is 2. The number of aromatic amines is 2. The fraction of sp³-hybridized carbons (Fsp3) is 0.564. The minimum Gasteiger partial charge on any atom is -0.465 e. The summed E-state index contributed by atoms with van der Waals surface area (Å²) in [5.41, 5.74) is 4.21. The van der Waals surface area contributed by atoms with Crippen molar-refractivity contribution in [3.8, 4) is 0 Å². The summed E-state index contributed by atoms with van der Waals surface area (Å²) in [6.07, 6.45) is 5.96. The molecule has 20 heteroatoms. The number of hydrogen-bond acceptors (Lipinski definition) is 10. The number of ether oxygens (including phenoxy) is 2. The van der Waals surface area contributed by atoms with Gasteiger partial charge in [-0.15, -0.1) is 0 Å². The third-order valence-electron chi connectivity index (χ3n) is 17.6. The highest BCUT2D eigenvalue weighted by Gasteiger charge is 2.51. The van der Waals surface area contributed by atoms with Crippen LogP contribution in [0.1, 0.15) is 132 Å². The summed E-state index contributed by atoms with van der Waals surface area (Å²) in [4.78, 5) is 77.1. The quantitative estimate of drug-likeness (QED) is 0.0691. The lowest BCUT2D eigenvalue weighted by Crippen LogP contribution is -2.52. The van der Waals surface area contributed by atoms with Crippen molar-refractivity contribution in [2.75, 3.05) is 62.4 Å². The number of carbonyl (C=O) groups excluding carboxylic acids is 2. The Bertz CT molecular complexity index is 2930. The molecule has 5 aromatic rings. The van der Waals surface area contributed by atoms with Crippen LogP contribution >= 0.6 is 0 Å². The van der Waals surface area contributed by atoms with E-state index in [9.17, 15) is 29.4 Å². The molecule has 8 heterocycles. The zero-order chi connectivity index (χ0) is 52.1. The van der Waals surface area contributed by atoms with Crippen LogP contribution < -0.4 is 20.4 Å². The van der Waals surface area contributed by atoms with Gasteiger partial charge in [-0.25, -0.2) is 28.3 Å². The lowest BCUT2D eigenvalue weighted by atomic mass is 9.81. The predicted molar refractivity (Wildman–Crippen MR) is 275 cm³/mol. The number of halogens is 2. The fourth-order valence-electron chi connectivity index (χ4n) is 13.5. The molecule has 2 aromatic heterocycles. The van der Waals surface area contributed by atoms with Crippen LogP contribution in [0.5, 0.6) is 0 Å². The molecule has 6 aliphatic heterocycles. The minimum atomic E-state index is -1.24. The Morgan fingerprint density at radius 2 is 1.17 bits per heavy atom. The lowest BCUT2D eigenvalue weighted by molar-refractivity contribution is -0.137. The van der Waals surface area contributed by atoms with Gasteiger partial charge in [0.2, 0.25) is 11.8 Å². The third kappa shape index (κ3) is 9.61. The van der Waals surface area contributed by atoms with E-state index in [1.165, 1.54) is 12.1 Å². The van der Waals surface area contributed by atoms with Crippen molar-refractivity contribution in [2.45, 2.75) is 127 Å². The van der Waals surface area contributed by atoms with Crippen LogP contribution in [0.25, 0.3) is 22.1 Å². The molecule has 0 bridgehead atoms. The van der Waals surface area contributed by atoms with Crippen molar-refractivity contribution < 1.29 is 47.6 Å². The minimum absolute atomic E-state index is 0.00518. The first-order valence-electron chi connectivity index (χ1n) is 27.0. The summed E-state index contributed by atoms with van der Waals surface area (Å²) < 4.78 is 44.4. The van der Waals surface area contributed by atoms with Crippen molar-refractivity contribution in [1.82, 2.24) is 40.4 Å². The van der Waals surface area contributed by atoms with Crippen molar-refractivity contribution >= 4 is 57.4 Å². The maximum atomic E-state index is 16.7. The Morgan fingerprint density at radius 3 is 1.69 bits per heavy atom. The summed E-state index contributed by atoms with van der Waals surface area (Å²) >= 11 is 0. The van der Waals surface area contributed by atoms with E-state index >= 15 is 8.78 Å². The average molecular weight is 1040 g/mol. The molecule has 4 amide bonds. The number of H-pyrrole nitrogens is 2. The molecule has 7 atom stereocenters. The van der Waals surface area contributed by atoms with Crippen LogP contribution in [-0.4, -0.2) is 129 Å². The Kier molecular flexibility index (Phi) is 14.1. The molecule has 400 valence electrons. The first kappa shape index (κ1) is 50.6. The van der Waals surface area contributed by atoms with Crippen molar-refractivity contribution in [3.05, 3.63) is 82.9 Å². The van der Waals surface area contributed by atoms with E-state index in [2.05, 4.69) is 39.3 Å². The highest BCUT2D eigenvalue weighted by Crippen LogP contribution is 2.55. The maximum absolute atomic E-state index is 16.7. The van der Waals surface area contributed by atoms with Gasteiger partial charge in [0, 0.05) is 58.3 Å². The first-order valence-corrected chi connectivity index (χ1v) is 27.0. The molecule has 18 nitrogen and oxygen atoms in total. The summed E-state index contributed by atoms with van der Waals surface area (Å²) in [6, 6.07) is 12.1. The SMILES string of the molecule is CC1C[C@H](c2ccc3[nH]c(C4CCCN4C(=O)C(NC(=O)O)C4CCOCC4)nc3c2)N(c2cc(F)c(N3CCCCC3)c(F)c2)[C@]1(C)c1ccc2[nH]c(C3CCCN3C(=O)[C@@H](NC(=O)O)C3CCOCC3)nc2c1. The van der Waals surface area contributed by atoms with Gasteiger partial charge in [0.15, 0.2) is 11.6 Å². The number of carboxylic acid groups (broad SMARTS) is 2. The summed E-state index contributed by atoms with van der Waals surface area (Å²) in [5, 5.41) is 24.6. The van der Waals surface area contributed by atoms with Gasteiger partial charge in [0.25, 0.3) is 0 Å². The van der Waals surface area contributed by atoms with E-state index in [0.717, 1.165) is 54.3 Å². The Balaban J connectivity index is 0.927. The monoisotopic (exact) mass is 1030 g/mol. The molecule has 0 radical (unpaired) electrons. The molecule has 0 aliphatic carbocycles. The molecular formula is C55H68F2N10O8. The highest BCUT2D eigenvalue weighted by molar-refractivity contribution is 5.87. The number of anilines is 2. The number of nitrogens with zero attached hydrogens (tertiary/aromatic N) is 6. The van der Waals surface area contributed by atoms with Crippen molar-refractivity contribution in [3.63, 3.8) is 0 Å². The first-order chi connectivity index (χ1) is 36.3. The molecule has 0 spiro atoms. The number of aromatic nitrogens is 4. The molecule has 75 heavy (non-hydrogen) atoms. The highest BCUT2D eigenvalue weighted by atomic mass is 19.1. The number of fused-ring (bicyclic) bond motifs is 2. The lowest BCUT2D eigenvalue weighted by Gasteiger charge is -2.43. The van der Waals surface area contributed by atoms with Crippen LogP contribution in [0.4, 0.5) is 29.7 Å². The number of hydrogen-bond donors (Lipinski definition) is 6. The normalized spacial score (nSPS) is 25.8. The van der Waals surface area contributed by atoms with Crippen molar-refractivity contribution in [2.24, 2.45) is 17.8 Å². The molecule has 0 saturated carbocycles. The van der Waals surface area contributed by atoms with Gasteiger partial charge in [-0.1, -0.05) is 19.1 Å². The molecule has 6 fully saturated rings. The number of carbonyl (C=O) groups is 4. The second kappa shape index (κ2) is 20.9. The average Bonchev–Trinajstić information content (AvgIpc) is 4.30. The van der Waals surface area contributed by atoms with Gasteiger partial charge < -0.3 is 59.9 Å². The topological polar surface area (TPSA) is 222 Å². The number of nitrogens with one attached hydrogen (secondary N) is 4. The smallest absolute Gasteiger partial charge is 0.405 e. The van der Waals surface area contributed by atoms with Gasteiger partial charge in [0.05, 0.1) is 45.7 Å². The summed E-state index contributed by atoms with van der Waals surface area (Å²) in [6.45, 7) is 8.25. The maximum Gasteiger partial charge on any atom is 0.405 e. The predicted octanol–water partition coefficient (Wildman–Crippen LogP) is 8.66. The number of benzene rings is 3. The van der Waals surface area contributed by atoms with E-state index in [4.69, 9.17) is 19.4 Å². The van der Waals surface area contributed by atoms with E-state index in [0.29, 0.717) is 126 Å². The van der Waals surface area contributed by atoms with Gasteiger partial charge in [-0.2, -0.15) is 0 Å². The molecule has 11 rings (SSSR count). The summed E-state index contributed by atoms with van der Waals surface area (Å²) in [7, 11) is 0. The number of amides is 4. The van der Waals surface area contributed by atoms with E-state index in [-0.39, 0.29) is 47.3 Å². The standard InChI is InChI=1S/C55H68F2N10O8/c1-31-26-45(34-10-12-39-41(27-34)60-49(58-39)43-8-6-20-65(43)51(68)46(62-53(70)71)32-14-22-74-23-15-32)67(36-29-37(56)48(38(57)30-36)64-18-4-3-5-19-64)55(31,2)35-11-13-40-42(28-35)61-50(59-40)44-9-7-21-66(44)52(69)47(63-54(72)73)33-16-24-75-25-17-33/h10-13,27-33,43-47,62-63H,3-9,14-26H2,1-2H3,(H,58,60)(H,59,61)(H,70,71)(H,72,73)/t31?,43?,44?,45-,46?,47+,55+/m1/s1. The molecule has 4 unspecified atom stereocenters. The zero-order valence-corrected chi connectivity index (χ0v) is 42.7. The molecule has 6 aliphatic rings. The second-order valence-electron chi connectivity index (χ2n) is 21.9. The molecule has 3 aromatic carbocycles. The van der Waals surface area contributed by atoms with Gasteiger partial charge in [-0.3, -0.25) is 9.59 Å². The van der Waals surface area contributed by atoms with Crippen molar-refractivity contribution in [1.29, 1.82) is 0 Å². The van der Waals surface area contributed by atoms with E-state index in [1.54, 1.807) is 9.80 Å². The van der Waals surface area contributed by atoms with E-state index < -0.39 is 47.5 Å². The summed E-state index contributed by atoms with van der Waals surface area (Å²) in [5.74, 6) is -0.976. The Labute approximate surface area is 433 Å². The second-order valence-corrected chi connectivity index (χ2v) is 21.9. The molecular weight excluding hydrogens is 967 g/mol. The Hall–Kier alpha value is -6.54. The van der Waals surface area contributed by atoms with Crippen LogP contribution in [0.3, 0.4) is 0 Å². The van der Waals surface area contributed by atoms with Gasteiger partial charge in [-0.05, 0) is 149 Å². The van der Waals surface area contributed by atoms with Gasteiger partial charge >= 0.3 is 12.2 Å². The zero-order valence-electron chi connectivity index (χ0n) is 42.7. The van der Waals surface area contributed by atoms with Crippen LogP contribution in [0.2, 0.25) is 0 Å². The molecule has 6 saturated heterocycles. The Morgan fingerprint density at radius 1 is 0.667 bits per heavy atom. The fourth-order valence-corrected chi connectivity index (χ4v) is 13.5. The largest absolute Gasteiger partial charge is 0.465 e. The number of imidazole rings is 2. The molecule has 6 N–H and O–H groups in total. The number of piperidine rings is 1. The van der Waals surface area contributed by atoms with Gasteiger partial charge in [0.1, 0.15) is 29.4 Å². The van der Waals surface area contributed by atoms with Crippen LogP contribution in [-0.2, 0) is 24.6 Å². The van der Waals surface area contributed by atoms with Crippen LogP contribution in [0, 0.1) is 29.4 Å². The van der Waals surface area contributed by atoms with Crippen LogP contribution in [0.15, 0.2) is 48.5 Å². The van der Waals surface area contributed by atoms with E-state index in [1.807, 2.05) is 41.3 Å². The third-order valence-corrected chi connectivity index (χ3v) is 17.6.